The van der Waals surface area contributed by atoms with E-state index >= 15 is 0 Å². The summed E-state index contributed by atoms with van der Waals surface area (Å²) in [6.45, 7) is 2.92. The Morgan fingerprint density at radius 2 is 1.75 bits per heavy atom. The maximum Gasteiger partial charge on any atom is 0.261 e. The van der Waals surface area contributed by atoms with Crippen molar-refractivity contribution in [1.82, 2.24) is 5.32 Å². The fraction of sp³-hybridized carbons (Fsp3) is 0.207. The molecule has 1 amide bonds. The highest BCUT2D eigenvalue weighted by Crippen LogP contribution is 2.35. The number of nitriles is 2. The molecule has 0 fully saturated rings. The molecule has 0 bridgehead atoms. The lowest BCUT2D eigenvalue weighted by molar-refractivity contribution is -0.117. The predicted octanol–water partition coefficient (Wildman–Crippen LogP) is 5.95. The van der Waals surface area contributed by atoms with Gasteiger partial charge < -0.3 is 14.8 Å². The van der Waals surface area contributed by atoms with Gasteiger partial charge in [0.05, 0.1) is 18.2 Å². The summed E-state index contributed by atoms with van der Waals surface area (Å²) in [5.74, 6) is 0.531. The third-order valence-electron chi connectivity index (χ3n) is 5.32. The molecule has 0 saturated carbocycles. The third-order valence-corrected chi connectivity index (χ3v) is 6.01. The van der Waals surface area contributed by atoms with Crippen LogP contribution < -0.4 is 14.8 Å². The van der Waals surface area contributed by atoms with Crippen molar-refractivity contribution in [2.75, 3.05) is 13.2 Å². The number of nitrogens with zero attached hydrogens (tertiary/aromatic N) is 2. The van der Waals surface area contributed by atoms with Gasteiger partial charge in [0, 0.05) is 16.6 Å². The van der Waals surface area contributed by atoms with Gasteiger partial charge in [-0.25, -0.2) is 0 Å². The summed E-state index contributed by atoms with van der Waals surface area (Å²) in [6.07, 6.45) is 3.14. The van der Waals surface area contributed by atoms with E-state index in [1.54, 1.807) is 24.3 Å². The van der Waals surface area contributed by atoms with E-state index < -0.39 is 5.91 Å². The lowest BCUT2D eigenvalue weighted by Gasteiger charge is -2.15. The zero-order chi connectivity index (χ0) is 25.8. The van der Waals surface area contributed by atoms with E-state index in [2.05, 4.69) is 27.3 Å². The van der Waals surface area contributed by atoms with E-state index in [1.165, 1.54) is 11.6 Å². The molecular weight excluding hydrogens is 518 g/mol. The molecular formula is C29H26BrN3O3. The minimum atomic E-state index is -0.427. The maximum absolute atomic E-state index is 12.6. The number of ether oxygens (including phenoxy) is 2. The van der Waals surface area contributed by atoms with Gasteiger partial charge in [-0.1, -0.05) is 64.5 Å². The first kappa shape index (κ1) is 26.5. The predicted molar refractivity (Wildman–Crippen MR) is 142 cm³/mol. The molecule has 0 saturated heterocycles. The summed E-state index contributed by atoms with van der Waals surface area (Å²) in [4.78, 5) is 12.6. The zero-order valence-corrected chi connectivity index (χ0v) is 21.5. The molecule has 36 heavy (non-hydrogen) atoms. The SMILES string of the molecule is CCOc1cc(/C=C(/C#N)C(=O)NCCCc2ccccc2)c(Br)cc1OCc1ccccc1C#N. The van der Waals surface area contributed by atoms with Crippen molar-refractivity contribution in [2.24, 2.45) is 0 Å². The number of nitrogens with one attached hydrogen (secondary N) is 1. The van der Waals surface area contributed by atoms with Crippen molar-refractivity contribution in [3.63, 3.8) is 0 Å². The summed E-state index contributed by atoms with van der Waals surface area (Å²) in [7, 11) is 0. The number of rotatable bonds is 11. The molecule has 0 atom stereocenters. The lowest BCUT2D eigenvalue weighted by atomic mass is 10.1. The summed E-state index contributed by atoms with van der Waals surface area (Å²) in [6, 6.07) is 24.9. The molecule has 0 aliphatic carbocycles. The lowest BCUT2D eigenvalue weighted by Crippen LogP contribution is -2.25. The van der Waals surface area contributed by atoms with Gasteiger partial charge >= 0.3 is 0 Å². The highest BCUT2D eigenvalue weighted by atomic mass is 79.9. The first-order valence-corrected chi connectivity index (χ1v) is 12.4. The van der Waals surface area contributed by atoms with Crippen molar-refractivity contribution in [1.29, 1.82) is 10.5 Å². The fourth-order valence-electron chi connectivity index (χ4n) is 3.49. The molecule has 3 aromatic rings. The number of carbonyl (C=O) groups excluding carboxylic acids is 1. The highest BCUT2D eigenvalue weighted by molar-refractivity contribution is 9.10. The Labute approximate surface area is 219 Å². The molecule has 182 valence electrons. The summed E-state index contributed by atoms with van der Waals surface area (Å²) in [5.41, 5.74) is 3.11. The Hall–Kier alpha value is -4.07. The van der Waals surface area contributed by atoms with Crippen molar-refractivity contribution in [3.05, 3.63) is 99.0 Å². The van der Waals surface area contributed by atoms with Gasteiger partial charge in [-0.05, 0) is 55.2 Å². The van der Waals surface area contributed by atoms with Crippen LogP contribution in [-0.2, 0) is 17.8 Å². The summed E-state index contributed by atoms with van der Waals surface area (Å²) < 4.78 is 12.4. The summed E-state index contributed by atoms with van der Waals surface area (Å²) >= 11 is 3.51. The molecule has 0 spiro atoms. The van der Waals surface area contributed by atoms with E-state index in [0.717, 1.165) is 18.4 Å². The number of halogens is 1. The molecule has 0 aliphatic rings. The van der Waals surface area contributed by atoms with Crippen LogP contribution in [0.25, 0.3) is 6.08 Å². The molecule has 0 heterocycles. The minimum Gasteiger partial charge on any atom is -0.490 e. The minimum absolute atomic E-state index is 0.00512. The van der Waals surface area contributed by atoms with E-state index in [1.807, 2.05) is 55.5 Å². The van der Waals surface area contributed by atoms with Crippen LogP contribution in [0.4, 0.5) is 0 Å². The summed E-state index contributed by atoms with van der Waals surface area (Å²) in [5, 5.41) is 21.7. The van der Waals surface area contributed by atoms with E-state index in [0.29, 0.717) is 40.3 Å². The van der Waals surface area contributed by atoms with Crippen molar-refractivity contribution < 1.29 is 14.3 Å². The van der Waals surface area contributed by atoms with Gasteiger partial charge in [0.15, 0.2) is 11.5 Å². The normalized spacial score (nSPS) is 10.7. The third kappa shape index (κ3) is 7.46. The quantitative estimate of drug-likeness (QED) is 0.183. The van der Waals surface area contributed by atoms with Crippen molar-refractivity contribution >= 4 is 27.9 Å². The molecule has 3 aromatic carbocycles. The number of carbonyl (C=O) groups is 1. The Balaban J connectivity index is 1.71. The van der Waals surface area contributed by atoms with Gasteiger partial charge in [0.2, 0.25) is 0 Å². The number of hydrogen-bond donors (Lipinski definition) is 1. The molecule has 0 aromatic heterocycles. The van der Waals surface area contributed by atoms with Crippen LogP contribution in [0.1, 0.15) is 35.6 Å². The van der Waals surface area contributed by atoms with Crippen LogP contribution in [0.5, 0.6) is 11.5 Å². The molecule has 7 heteroatoms. The molecule has 0 aliphatic heterocycles. The van der Waals surface area contributed by atoms with Crippen LogP contribution in [-0.4, -0.2) is 19.1 Å². The van der Waals surface area contributed by atoms with Gasteiger partial charge in [-0.2, -0.15) is 10.5 Å². The van der Waals surface area contributed by atoms with Crippen LogP contribution in [0.3, 0.4) is 0 Å². The molecule has 0 radical (unpaired) electrons. The Morgan fingerprint density at radius 3 is 2.47 bits per heavy atom. The van der Waals surface area contributed by atoms with Crippen LogP contribution >= 0.6 is 15.9 Å². The molecule has 0 unspecified atom stereocenters. The number of hydrogen-bond acceptors (Lipinski definition) is 5. The smallest absolute Gasteiger partial charge is 0.261 e. The van der Waals surface area contributed by atoms with Gasteiger partial charge in [0.1, 0.15) is 18.2 Å². The number of amides is 1. The monoisotopic (exact) mass is 543 g/mol. The number of benzene rings is 3. The van der Waals surface area contributed by atoms with E-state index in [4.69, 9.17) is 9.47 Å². The Kier molecular flexibility index (Phi) is 10.1. The second-order valence-electron chi connectivity index (χ2n) is 7.83. The van der Waals surface area contributed by atoms with Crippen molar-refractivity contribution in [3.8, 4) is 23.6 Å². The molecule has 6 nitrogen and oxygen atoms in total. The largest absolute Gasteiger partial charge is 0.490 e. The van der Waals surface area contributed by atoms with Crippen LogP contribution in [0.2, 0.25) is 0 Å². The van der Waals surface area contributed by atoms with Gasteiger partial charge in [-0.3, -0.25) is 4.79 Å². The Morgan fingerprint density at radius 1 is 1.03 bits per heavy atom. The first-order chi connectivity index (χ1) is 17.5. The average Bonchev–Trinajstić information content (AvgIpc) is 2.91. The number of aryl methyl sites for hydroxylation is 1. The van der Waals surface area contributed by atoms with Gasteiger partial charge in [0.25, 0.3) is 5.91 Å². The van der Waals surface area contributed by atoms with Gasteiger partial charge in [-0.15, -0.1) is 0 Å². The standard InChI is InChI=1S/C29H26BrN3O3/c1-2-35-27-16-24(26(30)17-28(27)36-20-23-13-7-6-12-22(23)18-31)15-25(19-32)29(34)33-14-8-11-21-9-4-3-5-10-21/h3-7,9-10,12-13,15-17H,2,8,11,14,20H2,1H3,(H,33,34)/b25-15-. The maximum atomic E-state index is 12.6. The average molecular weight is 544 g/mol. The second-order valence-corrected chi connectivity index (χ2v) is 8.68. The highest BCUT2D eigenvalue weighted by Gasteiger charge is 2.14. The van der Waals surface area contributed by atoms with E-state index in [9.17, 15) is 15.3 Å². The zero-order valence-electron chi connectivity index (χ0n) is 20.0. The van der Waals surface area contributed by atoms with Crippen molar-refractivity contribution in [2.45, 2.75) is 26.4 Å². The first-order valence-electron chi connectivity index (χ1n) is 11.6. The topological polar surface area (TPSA) is 95.1 Å². The van der Waals surface area contributed by atoms with E-state index in [-0.39, 0.29) is 12.2 Å². The van der Waals surface area contributed by atoms with Crippen LogP contribution in [0, 0.1) is 22.7 Å². The Bertz CT molecular complexity index is 1310. The second kappa shape index (κ2) is 13.7. The molecule has 3 rings (SSSR count). The van der Waals surface area contributed by atoms with Crippen LogP contribution in [0.15, 0.2) is 76.8 Å². The molecule has 1 N–H and O–H groups in total. The fourth-order valence-corrected chi connectivity index (χ4v) is 3.93.